The summed E-state index contributed by atoms with van der Waals surface area (Å²) in [5.74, 6) is -1.80. The Balaban J connectivity index is 1.45. The minimum Gasteiger partial charge on any atom is -0.497 e. The van der Waals surface area contributed by atoms with Crippen molar-refractivity contribution in [2.75, 3.05) is 20.2 Å². The fourth-order valence-electron chi connectivity index (χ4n) is 5.07. The monoisotopic (exact) mass is 481 g/mol. The van der Waals surface area contributed by atoms with Gasteiger partial charge >= 0.3 is 11.9 Å². The van der Waals surface area contributed by atoms with Gasteiger partial charge < -0.3 is 24.0 Å². The first-order valence-corrected chi connectivity index (χ1v) is 11.3. The third kappa shape index (κ3) is 4.21. The molecule has 0 aliphatic carbocycles. The average Bonchev–Trinajstić information content (AvgIpc) is 3.40. The van der Waals surface area contributed by atoms with Crippen LogP contribution in [0, 0.1) is 5.82 Å². The number of rotatable bonds is 7. The van der Waals surface area contributed by atoms with Crippen molar-refractivity contribution in [1.82, 2.24) is 14.6 Å². The molecule has 182 valence electrons. The van der Waals surface area contributed by atoms with Crippen molar-refractivity contribution in [2.24, 2.45) is 0 Å². The highest BCUT2D eigenvalue weighted by atomic mass is 19.1. The molecule has 2 aromatic heterocycles. The Morgan fingerprint density at radius 1 is 1.17 bits per heavy atom. The third-order valence-corrected chi connectivity index (χ3v) is 6.70. The van der Waals surface area contributed by atoms with E-state index >= 15 is 0 Å². The summed E-state index contributed by atoms with van der Waals surface area (Å²) in [5.41, 5.74) is 2.31. The zero-order valence-corrected chi connectivity index (χ0v) is 19.0. The van der Waals surface area contributed by atoms with E-state index < -0.39 is 23.8 Å². The number of piperidine rings is 1. The lowest BCUT2D eigenvalue weighted by atomic mass is 9.90. The van der Waals surface area contributed by atoms with Crippen LogP contribution in [0.4, 0.5) is 4.39 Å². The summed E-state index contributed by atoms with van der Waals surface area (Å²) >= 11 is 0. The van der Waals surface area contributed by atoms with E-state index in [4.69, 9.17) is 9.26 Å². The van der Waals surface area contributed by atoms with E-state index in [0.29, 0.717) is 53.7 Å². The van der Waals surface area contributed by atoms with Gasteiger partial charge in [-0.15, -0.1) is 0 Å². The van der Waals surface area contributed by atoms with E-state index in [-0.39, 0.29) is 12.5 Å². The first kappa shape index (κ1) is 22.9. The smallest absolute Gasteiger partial charge is 0.325 e. The van der Waals surface area contributed by atoms with Crippen LogP contribution < -0.4 is 4.74 Å². The number of carbonyl (C=O) groups is 2. The van der Waals surface area contributed by atoms with Crippen LogP contribution in [-0.2, 0) is 16.1 Å². The van der Waals surface area contributed by atoms with Crippen LogP contribution in [0.15, 0.2) is 47.1 Å². The standard InChI is InChI=1S/C25H24FN3O6/c1-34-16-3-5-20-18(11-16)19(12-29(20)13-22(30)31)24(25(32)33)28-8-6-14(7-9-28)23-17-4-2-15(26)10-21(17)35-27-23/h2-5,10-12,14,24H,6-9,13H2,1H3,(H,30,31)(H,32,33)/t24-/m0/s1. The quantitative estimate of drug-likeness (QED) is 0.406. The van der Waals surface area contributed by atoms with Gasteiger partial charge in [0.25, 0.3) is 0 Å². The van der Waals surface area contributed by atoms with E-state index in [2.05, 4.69) is 5.16 Å². The van der Waals surface area contributed by atoms with Crippen molar-refractivity contribution in [3.8, 4) is 5.75 Å². The molecule has 1 fully saturated rings. The van der Waals surface area contributed by atoms with Gasteiger partial charge in [-0.2, -0.15) is 0 Å². The molecule has 0 unspecified atom stereocenters. The van der Waals surface area contributed by atoms with Crippen LogP contribution in [0.5, 0.6) is 5.75 Å². The molecule has 5 rings (SSSR count). The summed E-state index contributed by atoms with van der Waals surface area (Å²) in [7, 11) is 1.52. The third-order valence-electron chi connectivity index (χ3n) is 6.70. The number of carboxylic acids is 2. The van der Waals surface area contributed by atoms with Crippen molar-refractivity contribution in [3.63, 3.8) is 0 Å². The predicted octanol–water partition coefficient (Wildman–Crippen LogP) is 4.02. The Morgan fingerprint density at radius 2 is 1.94 bits per heavy atom. The van der Waals surface area contributed by atoms with Gasteiger partial charge in [0.1, 0.15) is 24.2 Å². The number of benzene rings is 2. The summed E-state index contributed by atoms with van der Waals surface area (Å²) < 4.78 is 25.7. The molecule has 0 radical (unpaired) electrons. The molecule has 1 saturated heterocycles. The van der Waals surface area contributed by atoms with Gasteiger partial charge in [-0.3, -0.25) is 14.5 Å². The Hall–Kier alpha value is -3.92. The van der Waals surface area contributed by atoms with Crippen molar-refractivity contribution in [1.29, 1.82) is 0 Å². The van der Waals surface area contributed by atoms with Crippen molar-refractivity contribution < 1.29 is 33.5 Å². The Labute approximate surface area is 199 Å². The average molecular weight is 481 g/mol. The van der Waals surface area contributed by atoms with Crippen LogP contribution in [0.1, 0.15) is 36.1 Å². The van der Waals surface area contributed by atoms with E-state index in [9.17, 15) is 24.2 Å². The molecule has 2 N–H and O–H groups in total. The van der Waals surface area contributed by atoms with Gasteiger partial charge in [-0.25, -0.2) is 4.39 Å². The summed E-state index contributed by atoms with van der Waals surface area (Å²) in [5, 5.41) is 25.1. The predicted molar refractivity (Wildman–Crippen MR) is 124 cm³/mol. The fraction of sp³-hybridized carbons (Fsp3) is 0.320. The molecule has 0 saturated carbocycles. The molecule has 1 atom stereocenters. The van der Waals surface area contributed by atoms with Gasteiger partial charge in [0.15, 0.2) is 5.58 Å². The molecule has 1 aliphatic heterocycles. The molecule has 2 aromatic carbocycles. The molecule has 0 bridgehead atoms. The molecule has 9 nitrogen and oxygen atoms in total. The molecule has 4 aromatic rings. The normalized spacial score (nSPS) is 16.1. The Kier molecular flexibility index (Phi) is 5.89. The van der Waals surface area contributed by atoms with Gasteiger partial charge in [-0.05, 0) is 56.3 Å². The van der Waals surface area contributed by atoms with Crippen molar-refractivity contribution >= 4 is 33.8 Å². The summed E-state index contributed by atoms with van der Waals surface area (Å²) in [6, 6.07) is 8.59. The molecule has 0 amide bonds. The number of nitrogens with zero attached hydrogens (tertiary/aromatic N) is 3. The summed E-state index contributed by atoms with van der Waals surface area (Å²) in [6.45, 7) is 0.705. The van der Waals surface area contributed by atoms with Crippen LogP contribution in [0.25, 0.3) is 21.9 Å². The Bertz CT molecular complexity index is 1420. The lowest BCUT2D eigenvalue weighted by Gasteiger charge is -2.35. The van der Waals surface area contributed by atoms with Gasteiger partial charge in [0.05, 0.1) is 12.8 Å². The van der Waals surface area contributed by atoms with Gasteiger partial charge in [-0.1, -0.05) is 5.16 Å². The lowest BCUT2D eigenvalue weighted by molar-refractivity contribution is -0.144. The number of aliphatic carboxylic acids is 2. The molecule has 0 spiro atoms. The minimum atomic E-state index is -1.02. The van der Waals surface area contributed by atoms with Gasteiger partial charge in [0, 0.05) is 40.0 Å². The molecule has 3 heterocycles. The van der Waals surface area contributed by atoms with Crippen LogP contribution in [0.2, 0.25) is 0 Å². The highest BCUT2D eigenvalue weighted by Crippen LogP contribution is 2.38. The maximum Gasteiger partial charge on any atom is 0.325 e. The number of carboxylic acid groups (broad SMARTS) is 2. The topological polar surface area (TPSA) is 118 Å². The second kappa shape index (κ2) is 9.03. The largest absolute Gasteiger partial charge is 0.497 e. The number of fused-ring (bicyclic) bond motifs is 2. The number of ether oxygens (including phenoxy) is 1. The highest BCUT2D eigenvalue weighted by Gasteiger charge is 2.35. The molecular formula is C25H24FN3O6. The lowest BCUT2D eigenvalue weighted by Crippen LogP contribution is -2.39. The number of likely N-dealkylation sites (tertiary alicyclic amines) is 1. The minimum absolute atomic E-state index is 0.0563. The Morgan fingerprint density at radius 3 is 2.63 bits per heavy atom. The molecular weight excluding hydrogens is 457 g/mol. The number of aromatic nitrogens is 2. The van der Waals surface area contributed by atoms with E-state index in [1.165, 1.54) is 19.2 Å². The molecule has 1 aliphatic rings. The molecule has 35 heavy (non-hydrogen) atoms. The van der Waals surface area contributed by atoms with Crippen molar-refractivity contribution in [3.05, 3.63) is 59.7 Å². The number of halogens is 1. The van der Waals surface area contributed by atoms with E-state index in [1.807, 2.05) is 4.90 Å². The summed E-state index contributed by atoms with van der Waals surface area (Å²) in [6.07, 6.45) is 2.92. The number of hydrogen-bond donors (Lipinski definition) is 2. The van der Waals surface area contributed by atoms with Crippen molar-refractivity contribution in [2.45, 2.75) is 31.3 Å². The van der Waals surface area contributed by atoms with Crippen LogP contribution >= 0.6 is 0 Å². The van der Waals surface area contributed by atoms with Gasteiger partial charge in [0.2, 0.25) is 0 Å². The second-order valence-corrected chi connectivity index (χ2v) is 8.75. The summed E-state index contributed by atoms with van der Waals surface area (Å²) in [4.78, 5) is 25.8. The zero-order valence-electron chi connectivity index (χ0n) is 19.0. The SMILES string of the molecule is COc1ccc2c(c1)c([C@@H](C(=O)O)N1CCC(c3noc4cc(F)ccc34)CC1)cn2CC(=O)O. The maximum atomic E-state index is 13.5. The van der Waals surface area contributed by atoms with Crippen LogP contribution in [-0.4, -0.2) is 57.0 Å². The fourth-order valence-corrected chi connectivity index (χ4v) is 5.07. The maximum absolute atomic E-state index is 13.5. The molecule has 10 heteroatoms. The zero-order chi connectivity index (χ0) is 24.7. The first-order chi connectivity index (χ1) is 16.9. The van der Waals surface area contributed by atoms with E-state index in [0.717, 1.165) is 11.1 Å². The first-order valence-electron chi connectivity index (χ1n) is 11.3. The second-order valence-electron chi connectivity index (χ2n) is 8.75. The number of methoxy groups -OCH3 is 1. The van der Waals surface area contributed by atoms with Crippen LogP contribution in [0.3, 0.4) is 0 Å². The highest BCUT2D eigenvalue weighted by molar-refractivity contribution is 5.91. The number of hydrogen-bond acceptors (Lipinski definition) is 6. The van der Waals surface area contributed by atoms with E-state index in [1.54, 1.807) is 35.0 Å².